The van der Waals surface area contributed by atoms with Gasteiger partial charge in [-0.1, -0.05) is 33.1 Å². The van der Waals surface area contributed by atoms with Gasteiger partial charge in [0.1, 0.15) is 0 Å². The summed E-state index contributed by atoms with van der Waals surface area (Å²) in [5.41, 5.74) is 6.38. The van der Waals surface area contributed by atoms with E-state index in [1.165, 1.54) is 38.5 Å². The van der Waals surface area contributed by atoms with Gasteiger partial charge in [-0.2, -0.15) is 0 Å². The zero-order valence-corrected chi connectivity index (χ0v) is 8.60. The molecule has 1 heteroatoms. The third kappa shape index (κ3) is 2.22. The van der Waals surface area contributed by atoms with Crippen molar-refractivity contribution >= 4 is 0 Å². The first-order chi connectivity index (χ1) is 5.72. The second-order valence-corrected chi connectivity index (χ2v) is 4.66. The lowest BCUT2D eigenvalue weighted by molar-refractivity contribution is 0.105. The van der Waals surface area contributed by atoms with Crippen molar-refractivity contribution in [3.05, 3.63) is 0 Å². The Hall–Kier alpha value is -0.0400. The topological polar surface area (TPSA) is 26.0 Å². The summed E-state index contributed by atoms with van der Waals surface area (Å²) in [7, 11) is 0. The number of hydrogen-bond acceptors (Lipinski definition) is 1. The van der Waals surface area contributed by atoms with Gasteiger partial charge in [0.25, 0.3) is 0 Å². The largest absolute Gasteiger partial charge is 0.330 e. The van der Waals surface area contributed by atoms with Crippen LogP contribution in [-0.4, -0.2) is 6.54 Å². The third-order valence-corrected chi connectivity index (χ3v) is 3.41. The Morgan fingerprint density at radius 1 is 1.42 bits per heavy atom. The summed E-state index contributed by atoms with van der Waals surface area (Å²) >= 11 is 0. The fourth-order valence-corrected chi connectivity index (χ4v) is 2.50. The van der Waals surface area contributed by atoms with E-state index >= 15 is 0 Å². The Balaban J connectivity index is 2.27. The van der Waals surface area contributed by atoms with E-state index in [0.29, 0.717) is 5.41 Å². The highest BCUT2D eigenvalue weighted by Gasteiger charge is 2.36. The van der Waals surface area contributed by atoms with E-state index in [9.17, 15) is 0 Å². The van der Waals surface area contributed by atoms with Crippen LogP contribution in [0.15, 0.2) is 0 Å². The SMILES string of the molecule is CCCC(C)CC1(CN)CCC1. The molecule has 0 aromatic rings. The number of rotatable bonds is 5. The Bertz CT molecular complexity index is 121. The molecular weight excluding hydrogens is 146 g/mol. The molecule has 1 nitrogen and oxygen atoms in total. The standard InChI is InChI=1S/C11H23N/c1-3-5-10(2)8-11(9-12)6-4-7-11/h10H,3-9,12H2,1-2H3. The fourth-order valence-electron chi connectivity index (χ4n) is 2.50. The Labute approximate surface area is 76.7 Å². The van der Waals surface area contributed by atoms with Crippen LogP contribution in [0.2, 0.25) is 0 Å². The molecule has 0 aromatic heterocycles. The molecule has 1 atom stereocenters. The van der Waals surface area contributed by atoms with Crippen molar-refractivity contribution in [2.75, 3.05) is 6.54 Å². The molecule has 72 valence electrons. The molecule has 1 aliphatic carbocycles. The first-order valence-electron chi connectivity index (χ1n) is 5.42. The van der Waals surface area contributed by atoms with Gasteiger partial charge in [-0.25, -0.2) is 0 Å². The normalized spacial score (nSPS) is 23.2. The van der Waals surface area contributed by atoms with E-state index in [1.807, 2.05) is 0 Å². The van der Waals surface area contributed by atoms with Crippen LogP contribution in [0.3, 0.4) is 0 Å². The van der Waals surface area contributed by atoms with Crippen molar-refractivity contribution in [1.29, 1.82) is 0 Å². The van der Waals surface area contributed by atoms with Crippen LogP contribution < -0.4 is 5.73 Å². The maximum absolute atomic E-state index is 5.81. The van der Waals surface area contributed by atoms with Crippen LogP contribution in [0, 0.1) is 11.3 Å². The average Bonchev–Trinajstić information content (AvgIpc) is 1.97. The Morgan fingerprint density at radius 3 is 2.42 bits per heavy atom. The van der Waals surface area contributed by atoms with E-state index in [0.717, 1.165) is 12.5 Å². The van der Waals surface area contributed by atoms with Crippen molar-refractivity contribution in [3.63, 3.8) is 0 Å². The predicted octanol–water partition coefficient (Wildman–Crippen LogP) is 2.94. The molecule has 2 N–H and O–H groups in total. The van der Waals surface area contributed by atoms with Crippen molar-refractivity contribution in [1.82, 2.24) is 0 Å². The zero-order chi connectivity index (χ0) is 9.03. The lowest BCUT2D eigenvalue weighted by atomic mass is 9.64. The quantitative estimate of drug-likeness (QED) is 0.673. The molecular formula is C11H23N. The summed E-state index contributed by atoms with van der Waals surface area (Å²) in [6.07, 6.45) is 8.26. The molecule has 1 saturated carbocycles. The smallest absolute Gasteiger partial charge is 0.00204 e. The van der Waals surface area contributed by atoms with Gasteiger partial charge < -0.3 is 5.73 Å². The second-order valence-electron chi connectivity index (χ2n) is 4.66. The summed E-state index contributed by atoms with van der Waals surface area (Å²) in [5.74, 6) is 0.888. The molecule has 0 saturated heterocycles. The summed E-state index contributed by atoms with van der Waals surface area (Å²) < 4.78 is 0. The molecule has 1 unspecified atom stereocenters. The minimum atomic E-state index is 0.564. The van der Waals surface area contributed by atoms with Gasteiger partial charge in [0.05, 0.1) is 0 Å². The van der Waals surface area contributed by atoms with Gasteiger partial charge in [0.2, 0.25) is 0 Å². The highest BCUT2D eigenvalue weighted by molar-refractivity contribution is 4.89. The lowest BCUT2D eigenvalue weighted by Gasteiger charge is -2.43. The van der Waals surface area contributed by atoms with Crippen molar-refractivity contribution in [3.8, 4) is 0 Å². The zero-order valence-electron chi connectivity index (χ0n) is 8.60. The molecule has 1 aliphatic rings. The van der Waals surface area contributed by atoms with Crippen molar-refractivity contribution in [2.45, 2.75) is 52.4 Å². The molecule has 12 heavy (non-hydrogen) atoms. The fraction of sp³-hybridized carbons (Fsp3) is 1.00. The number of nitrogens with two attached hydrogens (primary N) is 1. The monoisotopic (exact) mass is 169 g/mol. The Morgan fingerprint density at radius 2 is 2.08 bits per heavy atom. The van der Waals surface area contributed by atoms with Gasteiger partial charge in [0, 0.05) is 0 Å². The molecule has 0 bridgehead atoms. The third-order valence-electron chi connectivity index (χ3n) is 3.41. The van der Waals surface area contributed by atoms with E-state index < -0.39 is 0 Å². The van der Waals surface area contributed by atoms with Crippen LogP contribution in [-0.2, 0) is 0 Å². The Kier molecular flexibility index (Phi) is 3.57. The highest BCUT2D eigenvalue weighted by Crippen LogP contribution is 2.45. The van der Waals surface area contributed by atoms with Crippen LogP contribution >= 0.6 is 0 Å². The van der Waals surface area contributed by atoms with Crippen molar-refractivity contribution in [2.24, 2.45) is 17.1 Å². The van der Waals surface area contributed by atoms with Crippen molar-refractivity contribution < 1.29 is 0 Å². The molecule has 0 aliphatic heterocycles. The summed E-state index contributed by atoms with van der Waals surface area (Å²) in [4.78, 5) is 0. The minimum Gasteiger partial charge on any atom is -0.330 e. The summed E-state index contributed by atoms with van der Waals surface area (Å²) in [6, 6.07) is 0. The molecule has 0 spiro atoms. The van der Waals surface area contributed by atoms with Gasteiger partial charge in [-0.05, 0) is 37.1 Å². The average molecular weight is 169 g/mol. The molecule has 0 heterocycles. The van der Waals surface area contributed by atoms with E-state index in [1.54, 1.807) is 0 Å². The first kappa shape index (κ1) is 10.0. The first-order valence-corrected chi connectivity index (χ1v) is 5.42. The van der Waals surface area contributed by atoms with Gasteiger partial charge >= 0.3 is 0 Å². The van der Waals surface area contributed by atoms with E-state index in [2.05, 4.69) is 13.8 Å². The van der Waals surface area contributed by atoms with E-state index in [4.69, 9.17) is 5.73 Å². The molecule has 0 radical (unpaired) electrons. The van der Waals surface area contributed by atoms with Crippen LogP contribution in [0.25, 0.3) is 0 Å². The molecule has 1 fully saturated rings. The lowest BCUT2D eigenvalue weighted by Crippen LogP contribution is -2.38. The van der Waals surface area contributed by atoms with Crippen LogP contribution in [0.5, 0.6) is 0 Å². The maximum atomic E-state index is 5.81. The van der Waals surface area contributed by atoms with E-state index in [-0.39, 0.29) is 0 Å². The number of hydrogen-bond donors (Lipinski definition) is 1. The summed E-state index contributed by atoms with van der Waals surface area (Å²) in [5, 5.41) is 0. The molecule has 0 aromatic carbocycles. The minimum absolute atomic E-state index is 0.564. The maximum Gasteiger partial charge on any atom is -0.00204 e. The van der Waals surface area contributed by atoms with Crippen LogP contribution in [0.1, 0.15) is 52.4 Å². The van der Waals surface area contributed by atoms with Gasteiger partial charge in [-0.15, -0.1) is 0 Å². The van der Waals surface area contributed by atoms with Gasteiger partial charge in [-0.3, -0.25) is 0 Å². The predicted molar refractivity (Wildman–Crippen MR) is 54.0 cm³/mol. The summed E-state index contributed by atoms with van der Waals surface area (Å²) in [6.45, 7) is 5.56. The van der Waals surface area contributed by atoms with Gasteiger partial charge in [0.15, 0.2) is 0 Å². The molecule has 1 rings (SSSR count). The highest BCUT2D eigenvalue weighted by atomic mass is 14.6. The second kappa shape index (κ2) is 4.27. The van der Waals surface area contributed by atoms with Crippen LogP contribution in [0.4, 0.5) is 0 Å². The molecule has 0 amide bonds.